The molecule has 3 aromatic rings. The van der Waals surface area contributed by atoms with Crippen LogP contribution in [0.25, 0.3) is 16.9 Å². The van der Waals surface area contributed by atoms with Crippen LogP contribution in [0.3, 0.4) is 0 Å². The summed E-state index contributed by atoms with van der Waals surface area (Å²) in [6, 6.07) is 7.78. The van der Waals surface area contributed by atoms with Crippen molar-refractivity contribution in [1.29, 1.82) is 0 Å². The molecule has 0 bridgehead atoms. The summed E-state index contributed by atoms with van der Waals surface area (Å²) < 4.78 is 24.2. The van der Waals surface area contributed by atoms with Crippen LogP contribution in [0.15, 0.2) is 30.5 Å². The molecule has 0 unspecified atom stereocenters. The van der Waals surface area contributed by atoms with Crippen molar-refractivity contribution in [3.05, 3.63) is 36.3 Å². The molecule has 0 aliphatic carbocycles. The highest BCUT2D eigenvalue weighted by molar-refractivity contribution is 5.75. The van der Waals surface area contributed by atoms with Crippen molar-refractivity contribution in [2.24, 2.45) is 0 Å². The van der Waals surface area contributed by atoms with Crippen LogP contribution < -0.4 is 14.2 Å². The van der Waals surface area contributed by atoms with E-state index in [9.17, 15) is 0 Å². The molecule has 7 nitrogen and oxygen atoms in total. The van der Waals surface area contributed by atoms with Gasteiger partial charge < -0.3 is 18.9 Å². The highest BCUT2D eigenvalue weighted by Gasteiger charge is 2.21. The average Bonchev–Trinajstić information content (AvgIpc) is 2.92. The molecule has 2 aliphatic rings. The Morgan fingerprint density at radius 1 is 1.12 bits per heavy atom. The monoisotopic (exact) mass is 339 g/mol. The molecule has 2 aromatic heterocycles. The zero-order valence-corrected chi connectivity index (χ0v) is 13.8. The zero-order valence-electron chi connectivity index (χ0n) is 13.8. The minimum Gasteiger partial charge on any atom is -0.486 e. The third-order valence-electron chi connectivity index (χ3n) is 4.33. The maximum absolute atomic E-state index is 5.81. The SMILES string of the molecule is Cc1nc2cc(OC3COC3)cnc2n1-c1ccc2c(c1)OCCO2. The fourth-order valence-corrected chi connectivity index (χ4v) is 3.08. The van der Waals surface area contributed by atoms with Crippen molar-refractivity contribution in [2.75, 3.05) is 26.4 Å². The molecule has 5 rings (SSSR count). The van der Waals surface area contributed by atoms with E-state index in [1.807, 2.05) is 35.8 Å². The van der Waals surface area contributed by atoms with Gasteiger partial charge in [-0.3, -0.25) is 4.57 Å². The van der Waals surface area contributed by atoms with Gasteiger partial charge in [0.1, 0.15) is 36.4 Å². The van der Waals surface area contributed by atoms with E-state index in [1.165, 1.54) is 0 Å². The van der Waals surface area contributed by atoms with Crippen molar-refractivity contribution in [1.82, 2.24) is 14.5 Å². The number of pyridine rings is 1. The van der Waals surface area contributed by atoms with Gasteiger partial charge in [0.2, 0.25) is 0 Å². The van der Waals surface area contributed by atoms with E-state index in [0.29, 0.717) is 32.2 Å². The minimum absolute atomic E-state index is 0.111. The van der Waals surface area contributed by atoms with Crippen LogP contribution in [0.1, 0.15) is 5.82 Å². The van der Waals surface area contributed by atoms with Gasteiger partial charge in [-0.25, -0.2) is 9.97 Å². The number of ether oxygens (including phenoxy) is 4. The molecule has 1 fully saturated rings. The third-order valence-corrected chi connectivity index (χ3v) is 4.33. The van der Waals surface area contributed by atoms with E-state index < -0.39 is 0 Å². The van der Waals surface area contributed by atoms with Crippen molar-refractivity contribution in [3.8, 4) is 22.9 Å². The Morgan fingerprint density at radius 3 is 2.76 bits per heavy atom. The first-order valence-electron chi connectivity index (χ1n) is 8.27. The van der Waals surface area contributed by atoms with Gasteiger partial charge in [-0.05, 0) is 19.1 Å². The van der Waals surface area contributed by atoms with E-state index in [-0.39, 0.29) is 6.10 Å². The lowest BCUT2D eigenvalue weighted by Crippen LogP contribution is -2.38. The molecule has 1 saturated heterocycles. The second-order valence-electron chi connectivity index (χ2n) is 6.11. The largest absolute Gasteiger partial charge is 0.486 e. The lowest BCUT2D eigenvalue weighted by atomic mass is 10.2. The Balaban J connectivity index is 1.55. The van der Waals surface area contributed by atoms with E-state index in [1.54, 1.807) is 6.20 Å². The lowest BCUT2D eigenvalue weighted by Gasteiger charge is -2.26. The average molecular weight is 339 g/mol. The Bertz CT molecular complexity index is 949. The molecule has 25 heavy (non-hydrogen) atoms. The van der Waals surface area contributed by atoms with Gasteiger partial charge in [0.25, 0.3) is 0 Å². The van der Waals surface area contributed by atoms with Crippen LogP contribution in [0.4, 0.5) is 0 Å². The van der Waals surface area contributed by atoms with E-state index in [0.717, 1.165) is 34.2 Å². The highest BCUT2D eigenvalue weighted by Crippen LogP contribution is 2.33. The summed E-state index contributed by atoms with van der Waals surface area (Å²) in [5, 5.41) is 0. The summed E-state index contributed by atoms with van der Waals surface area (Å²) in [6.07, 6.45) is 1.84. The van der Waals surface area contributed by atoms with Gasteiger partial charge in [0.15, 0.2) is 17.1 Å². The Labute approximate surface area is 144 Å². The molecule has 1 aromatic carbocycles. The standard InChI is InChI=1S/C18H17N3O4/c1-11-20-15-7-13(25-14-9-22-10-14)8-19-18(15)21(11)12-2-3-16-17(6-12)24-5-4-23-16/h2-3,6-8,14H,4-5,9-10H2,1H3. The predicted octanol–water partition coefficient (Wildman–Crippen LogP) is 2.28. The van der Waals surface area contributed by atoms with Crippen LogP contribution in [-0.4, -0.2) is 47.1 Å². The quantitative estimate of drug-likeness (QED) is 0.729. The summed E-state index contributed by atoms with van der Waals surface area (Å²) in [5.41, 5.74) is 2.52. The molecular weight excluding hydrogens is 322 g/mol. The molecule has 7 heteroatoms. The van der Waals surface area contributed by atoms with Gasteiger partial charge in [0, 0.05) is 12.1 Å². The number of aromatic nitrogens is 3. The van der Waals surface area contributed by atoms with Crippen molar-refractivity contribution >= 4 is 11.2 Å². The Morgan fingerprint density at radius 2 is 1.96 bits per heavy atom. The number of benzene rings is 1. The zero-order chi connectivity index (χ0) is 16.8. The second kappa shape index (κ2) is 5.63. The van der Waals surface area contributed by atoms with Crippen LogP contribution >= 0.6 is 0 Å². The summed E-state index contributed by atoms with van der Waals surface area (Å²) in [5.74, 6) is 3.08. The smallest absolute Gasteiger partial charge is 0.164 e. The van der Waals surface area contributed by atoms with Gasteiger partial charge in [-0.2, -0.15) is 0 Å². The van der Waals surface area contributed by atoms with Gasteiger partial charge >= 0.3 is 0 Å². The predicted molar refractivity (Wildman–Crippen MR) is 89.8 cm³/mol. The van der Waals surface area contributed by atoms with Gasteiger partial charge in [0.05, 0.1) is 25.1 Å². The third kappa shape index (κ3) is 2.47. The van der Waals surface area contributed by atoms with Gasteiger partial charge in [-0.1, -0.05) is 0 Å². The molecule has 2 aliphatic heterocycles. The molecule has 0 spiro atoms. The maximum atomic E-state index is 5.81. The fourth-order valence-electron chi connectivity index (χ4n) is 3.08. The molecule has 0 saturated carbocycles. The Kier molecular flexibility index (Phi) is 3.27. The molecule has 0 radical (unpaired) electrons. The second-order valence-corrected chi connectivity index (χ2v) is 6.11. The molecule has 0 atom stereocenters. The van der Waals surface area contributed by atoms with Crippen molar-refractivity contribution in [2.45, 2.75) is 13.0 Å². The Hall–Kier alpha value is -2.80. The van der Waals surface area contributed by atoms with E-state index >= 15 is 0 Å². The topological polar surface area (TPSA) is 67.6 Å². The lowest BCUT2D eigenvalue weighted by molar-refractivity contribution is -0.0797. The number of fused-ring (bicyclic) bond motifs is 2. The normalized spacial score (nSPS) is 16.7. The van der Waals surface area contributed by atoms with Crippen LogP contribution in [0.5, 0.6) is 17.2 Å². The molecule has 0 amide bonds. The number of aryl methyl sites for hydroxylation is 1. The molecule has 4 heterocycles. The highest BCUT2D eigenvalue weighted by atomic mass is 16.6. The van der Waals surface area contributed by atoms with Crippen LogP contribution in [0, 0.1) is 6.92 Å². The molecular formula is C18H17N3O4. The fraction of sp³-hybridized carbons (Fsp3) is 0.333. The number of hydrogen-bond acceptors (Lipinski definition) is 6. The minimum atomic E-state index is 0.111. The van der Waals surface area contributed by atoms with Crippen molar-refractivity contribution in [3.63, 3.8) is 0 Å². The first-order valence-corrected chi connectivity index (χ1v) is 8.27. The van der Waals surface area contributed by atoms with Crippen LogP contribution in [-0.2, 0) is 4.74 Å². The first-order chi connectivity index (χ1) is 12.3. The van der Waals surface area contributed by atoms with E-state index in [2.05, 4.69) is 9.97 Å². The summed E-state index contributed by atoms with van der Waals surface area (Å²) >= 11 is 0. The number of nitrogens with zero attached hydrogens (tertiary/aromatic N) is 3. The first kappa shape index (κ1) is 14.5. The number of hydrogen-bond donors (Lipinski definition) is 0. The molecule has 128 valence electrons. The van der Waals surface area contributed by atoms with E-state index in [4.69, 9.17) is 18.9 Å². The maximum Gasteiger partial charge on any atom is 0.164 e. The molecule has 0 N–H and O–H groups in total. The summed E-state index contributed by atoms with van der Waals surface area (Å²) in [4.78, 5) is 9.19. The number of rotatable bonds is 3. The van der Waals surface area contributed by atoms with Gasteiger partial charge in [-0.15, -0.1) is 0 Å². The van der Waals surface area contributed by atoms with Crippen LogP contribution in [0.2, 0.25) is 0 Å². The summed E-state index contributed by atoms with van der Waals surface area (Å²) in [7, 11) is 0. The number of imidazole rings is 1. The summed E-state index contributed by atoms with van der Waals surface area (Å²) in [6.45, 7) is 4.35. The van der Waals surface area contributed by atoms with Crippen molar-refractivity contribution < 1.29 is 18.9 Å².